The molecule has 1 N–H and O–H groups in total. The summed E-state index contributed by atoms with van der Waals surface area (Å²) < 4.78 is 4.56. The minimum absolute atomic E-state index is 0.0148. The fraction of sp³-hybridized carbons (Fsp3) is 0.385. The average molecular weight is 354 g/mol. The topological polar surface area (TPSA) is 58.6 Å². The Bertz CT molecular complexity index is 514. The summed E-state index contributed by atoms with van der Waals surface area (Å²) in [7, 11) is 1.30. The summed E-state index contributed by atoms with van der Waals surface area (Å²) in [5.41, 5.74) is 0.293. The minimum atomic E-state index is -0.410. The Morgan fingerprint density at radius 3 is 2.24 bits per heavy atom. The number of hydrogen-bond donors (Lipinski definition) is 1. The second kappa shape index (κ2) is 8.44. The first-order chi connectivity index (χ1) is 9.87. The second-order valence-electron chi connectivity index (χ2n) is 4.17. The van der Waals surface area contributed by atoms with Gasteiger partial charge in [0.1, 0.15) is 0 Å². The predicted molar refractivity (Wildman–Crippen MR) is 84.2 cm³/mol. The van der Waals surface area contributed by atoms with Crippen molar-refractivity contribution in [3.05, 3.63) is 27.2 Å². The van der Waals surface area contributed by atoms with Crippen molar-refractivity contribution in [2.45, 2.75) is 6.92 Å². The van der Waals surface area contributed by atoms with Crippen molar-refractivity contribution < 1.29 is 14.3 Å². The molecule has 0 saturated heterocycles. The fourth-order valence-electron chi connectivity index (χ4n) is 1.57. The number of esters is 1. The van der Waals surface area contributed by atoms with Gasteiger partial charge in [0.25, 0.3) is 0 Å². The fourth-order valence-corrected chi connectivity index (χ4v) is 2.48. The standard InChI is InChI=1S/C13H15Cl3N2O3/c1-3-18(7-12(20)21-2)6-11(19)17-13-9(15)4-8(14)5-10(13)16/h4-5H,3,6-7H2,1-2H3,(H,17,19). The van der Waals surface area contributed by atoms with Crippen LogP contribution in [0.3, 0.4) is 0 Å². The molecule has 0 fully saturated rings. The molecule has 0 aliphatic rings. The van der Waals surface area contributed by atoms with E-state index in [1.807, 2.05) is 6.92 Å². The lowest BCUT2D eigenvalue weighted by atomic mass is 10.3. The van der Waals surface area contributed by atoms with E-state index in [-0.39, 0.29) is 29.0 Å². The summed E-state index contributed by atoms with van der Waals surface area (Å²) in [6.07, 6.45) is 0. The van der Waals surface area contributed by atoms with Crippen molar-refractivity contribution in [3.8, 4) is 0 Å². The molecule has 0 radical (unpaired) electrons. The lowest BCUT2D eigenvalue weighted by Gasteiger charge is -2.18. The molecule has 1 amide bonds. The Labute approximate surface area is 138 Å². The maximum absolute atomic E-state index is 12.0. The number of hydrogen-bond acceptors (Lipinski definition) is 4. The first kappa shape index (κ1) is 18.0. The van der Waals surface area contributed by atoms with Crippen LogP contribution < -0.4 is 5.32 Å². The van der Waals surface area contributed by atoms with Crippen molar-refractivity contribution in [3.63, 3.8) is 0 Å². The van der Waals surface area contributed by atoms with Crippen molar-refractivity contribution >= 4 is 52.4 Å². The quantitative estimate of drug-likeness (QED) is 0.799. The zero-order valence-electron chi connectivity index (χ0n) is 11.6. The van der Waals surface area contributed by atoms with Gasteiger partial charge < -0.3 is 10.1 Å². The van der Waals surface area contributed by atoms with Gasteiger partial charge in [0.15, 0.2) is 0 Å². The summed E-state index contributed by atoms with van der Waals surface area (Å²) in [6.45, 7) is 2.40. The second-order valence-corrected chi connectivity index (χ2v) is 5.42. The van der Waals surface area contributed by atoms with Gasteiger partial charge in [0, 0.05) is 5.02 Å². The van der Waals surface area contributed by atoms with Gasteiger partial charge in [0.2, 0.25) is 5.91 Å². The largest absolute Gasteiger partial charge is 0.468 e. The van der Waals surface area contributed by atoms with Crippen LogP contribution in [0.5, 0.6) is 0 Å². The van der Waals surface area contributed by atoms with Crippen LogP contribution in [0.25, 0.3) is 0 Å². The van der Waals surface area contributed by atoms with Crippen LogP contribution in [0.4, 0.5) is 5.69 Å². The monoisotopic (exact) mass is 352 g/mol. The number of nitrogens with zero attached hydrogens (tertiary/aromatic N) is 1. The molecule has 0 unspecified atom stereocenters. The van der Waals surface area contributed by atoms with Gasteiger partial charge in [-0.1, -0.05) is 41.7 Å². The molecule has 0 aliphatic heterocycles. The molecule has 0 aromatic heterocycles. The highest BCUT2D eigenvalue weighted by Gasteiger charge is 2.16. The molecule has 0 bridgehead atoms. The van der Waals surface area contributed by atoms with Gasteiger partial charge in [-0.25, -0.2) is 0 Å². The average Bonchev–Trinajstić information content (AvgIpc) is 2.41. The van der Waals surface area contributed by atoms with Gasteiger partial charge in [-0.15, -0.1) is 0 Å². The van der Waals surface area contributed by atoms with Gasteiger partial charge in [-0.3, -0.25) is 14.5 Å². The van der Waals surface area contributed by atoms with Crippen molar-refractivity contribution in [1.82, 2.24) is 4.90 Å². The summed E-state index contributed by atoms with van der Waals surface area (Å²) >= 11 is 17.8. The molecular weight excluding hydrogens is 339 g/mol. The van der Waals surface area contributed by atoms with E-state index < -0.39 is 5.97 Å². The SMILES string of the molecule is CCN(CC(=O)Nc1c(Cl)cc(Cl)cc1Cl)CC(=O)OC. The molecule has 116 valence electrons. The number of rotatable bonds is 6. The molecule has 0 saturated carbocycles. The van der Waals surface area contributed by atoms with E-state index in [2.05, 4.69) is 10.1 Å². The molecule has 0 spiro atoms. The predicted octanol–water partition coefficient (Wildman–Crippen LogP) is 3.08. The molecule has 0 atom stereocenters. The van der Waals surface area contributed by atoms with Crippen LogP contribution in [-0.4, -0.2) is 43.5 Å². The highest BCUT2D eigenvalue weighted by Crippen LogP contribution is 2.33. The van der Waals surface area contributed by atoms with Crippen molar-refractivity contribution in [2.24, 2.45) is 0 Å². The Hall–Kier alpha value is -1.01. The number of halogens is 3. The molecule has 1 aromatic rings. The van der Waals surface area contributed by atoms with Gasteiger partial charge in [-0.2, -0.15) is 0 Å². The molecule has 21 heavy (non-hydrogen) atoms. The summed E-state index contributed by atoms with van der Waals surface area (Å²) in [4.78, 5) is 24.8. The number of amides is 1. The Kier molecular flexibility index (Phi) is 7.25. The molecule has 5 nitrogen and oxygen atoms in total. The van der Waals surface area contributed by atoms with Crippen LogP contribution >= 0.6 is 34.8 Å². The molecule has 0 heterocycles. The van der Waals surface area contributed by atoms with Crippen LogP contribution in [0.2, 0.25) is 15.1 Å². The normalized spacial score (nSPS) is 10.6. The number of benzene rings is 1. The van der Waals surface area contributed by atoms with E-state index in [0.29, 0.717) is 17.3 Å². The molecular formula is C13H15Cl3N2O3. The van der Waals surface area contributed by atoms with E-state index in [9.17, 15) is 9.59 Å². The number of likely N-dealkylation sites (N-methyl/N-ethyl adjacent to an activating group) is 1. The number of nitrogens with one attached hydrogen (secondary N) is 1. The van der Waals surface area contributed by atoms with Crippen LogP contribution in [0, 0.1) is 0 Å². The van der Waals surface area contributed by atoms with E-state index in [0.717, 1.165) is 0 Å². The molecule has 8 heteroatoms. The highest BCUT2D eigenvalue weighted by atomic mass is 35.5. The summed E-state index contributed by atoms with van der Waals surface area (Å²) in [5, 5.41) is 3.48. The lowest BCUT2D eigenvalue weighted by molar-refractivity contribution is -0.142. The Morgan fingerprint density at radius 1 is 1.19 bits per heavy atom. The number of carbonyl (C=O) groups excluding carboxylic acids is 2. The number of methoxy groups -OCH3 is 1. The third-order valence-electron chi connectivity index (χ3n) is 2.67. The van der Waals surface area contributed by atoms with Gasteiger partial charge >= 0.3 is 5.97 Å². The van der Waals surface area contributed by atoms with Crippen LogP contribution in [0.1, 0.15) is 6.92 Å². The molecule has 1 rings (SSSR count). The van der Waals surface area contributed by atoms with Crippen molar-refractivity contribution in [1.29, 1.82) is 0 Å². The third kappa shape index (κ3) is 5.71. The maximum atomic E-state index is 12.0. The summed E-state index contributed by atoms with van der Waals surface area (Å²) in [6, 6.07) is 2.97. The zero-order valence-corrected chi connectivity index (χ0v) is 13.8. The van der Waals surface area contributed by atoms with E-state index in [1.54, 1.807) is 4.90 Å². The van der Waals surface area contributed by atoms with E-state index in [1.165, 1.54) is 19.2 Å². The van der Waals surface area contributed by atoms with Gasteiger partial charge in [0.05, 0.1) is 35.9 Å². The molecule has 1 aromatic carbocycles. The molecule has 0 aliphatic carbocycles. The third-order valence-corrected chi connectivity index (χ3v) is 3.48. The Morgan fingerprint density at radius 2 is 1.76 bits per heavy atom. The smallest absolute Gasteiger partial charge is 0.319 e. The Balaban J connectivity index is 2.71. The number of anilines is 1. The number of carbonyl (C=O) groups is 2. The zero-order chi connectivity index (χ0) is 16.0. The van der Waals surface area contributed by atoms with Crippen LogP contribution in [0.15, 0.2) is 12.1 Å². The number of ether oxygens (including phenoxy) is 1. The van der Waals surface area contributed by atoms with Crippen LogP contribution in [-0.2, 0) is 14.3 Å². The highest BCUT2D eigenvalue weighted by molar-refractivity contribution is 6.42. The maximum Gasteiger partial charge on any atom is 0.319 e. The van der Waals surface area contributed by atoms with Crippen molar-refractivity contribution in [2.75, 3.05) is 32.1 Å². The summed E-state index contributed by atoms with van der Waals surface area (Å²) in [5.74, 6) is -0.751. The van der Waals surface area contributed by atoms with E-state index in [4.69, 9.17) is 34.8 Å². The van der Waals surface area contributed by atoms with E-state index >= 15 is 0 Å². The first-order valence-corrected chi connectivity index (χ1v) is 7.24. The first-order valence-electron chi connectivity index (χ1n) is 6.11. The minimum Gasteiger partial charge on any atom is -0.468 e. The van der Waals surface area contributed by atoms with Gasteiger partial charge in [-0.05, 0) is 18.7 Å². The lowest BCUT2D eigenvalue weighted by Crippen LogP contribution is -2.37.